The van der Waals surface area contributed by atoms with Gasteiger partial charge < -0.3 is 24.4 Å². The molecule has 0 aromatic rings. The lowest BCUT2D eigenvalue weighted by Crippen LogP contribution is -2.50. The third-order valence-corrected chi connectivity index (χ3v) is 2.93. The van der Waals surface area contributed by atoms with Crippen molar-refractivity contribution < 1.29 is 24.4 Å². The van der Waals surface area contributed by atoms with E-state index < -0.39 is 29.9 Å². The Bertz CT molecular complexity index is 326. The van der Waals surface area contributed by atoms with E-state index in [1.807, 2.05) is 6.07 Å². The van der Waals surface area contributed by atoms with Crippen molar-refractivity contribution in [3.05, 3.63) is 0 Å². The smallest absolute Gasteiger partial charge is 0.190 e. The van der Waals surface area contributed by atoms with E-state index in [1.54, 1.807) is 13.8 Å². The number of nitriles is 1. The van der Waals surface area contributed by atoms with Gasteiger partial charge in [-0.25, -0.2) is 0 Å². The van der Waals surface area contributed by atoms with Gasteiger partial charge in [-0.1, -0.05) is 0 Å². The molecule has 6 nitrogen and oxygen atoms in total. The Balaban J connectivity index is 2.24. The number of aliphatic hydroxyl groups excluding tert-OH is 1. The summed E-state index contributed by atoms with van der Waals surface area (Å²) in [4.78, 5) is 0. The maximum absolute atomic E-state index is 10.3. The molecule has 0 bridgehead atoms. The maximum atomic E-state index is 10.3. The molecule has 2 saturated heterocycles. The molecule has 0 unspecified atom stereocenters. The number of rotatable bonds is 2. The van der Waals surface area contributed by atoms with Crippen LogP contribution in [0.1, 0.15) is 20.3 Å². The number of fused-ring (bicyclic) bond motifs is 1. The minimum absolute atomic E-state index is 0.168. The van der Waals surface area contributed by atoms with Crippen LogP contribution in [0.15, 0.2) is 0 Å². The quantitative estimate of drug-likeness (QED) is 0.663. The largest absolute Gasteiger partial charge is 0.394 e. The Labute approximate surface area is 93.3 Å². The van der Waals surface area contributed by atoms with Crippen molar-refractivity contribution >= 4 is 0 Å². The molecule has 2 N–H and O–H groups in total. The van der Waals surface area contributed by atoms with Gasteiger partial charge in [0, 0.05) is 0 Å². The van der Waals surface area contributed by atoms with Crippen molar-refractivity contribution in [3.63, 3.8) is 0 Å². The first-order valence-corrected chi connectivity index (χ1v) is 5.14. The molecule has 0 radical (unpaired) electrons. The molecule has 0 amide bonds. The SMILES string of the molecule is CC1(C)O[C@H]2O[C@H](CO)[C@@](O)(CC#N)[C@H]2O1. The van der Waals surface area contributed by atoms with Crippen LogP contribution >= 0.6 is 0 Å². The number of aliphatic hydroxyl groups is 2. The second kappa shape index (κ2) is 3.65. The molecule has 4 atom stereocenters. The molecule has 6 heteroatoms. The number of ether oxygens (including phenoxy) is 3. The normalized spacial score (nSPS) is 45.3. The van der Waals surface area contributed by atoms with Crippen molar-refractivity contribution in [2.24, 2.45) is 0 Å². The summed E-state index contributed by atoms with van der Waals surface area (Å²) in [6.45, 7) is 3.03. The van der Waals surface area contributed by atoms with Gasteiger partial charge in [0.25, 0.3) is 0 Å². The van der Waals surface area contributed by atoms with E-state index in [1.165, 1.54) is 0 Å². The molecule has 2 aliphatic heterocycles. The van der Waals surface area contributed by atoms with Crippen LogP contribution in [-0.4, -0.2) is 46.7 Å². The van der Waals surface area contributed by atoms with Crippen LogP contribution in [0.5, 0.6) is 0 Å². The van der Waals surface area contributed by atoms with Crippen molar-refractivity contribution in [2.75, 3.05) is 6.61 Å². The van der Waals surface area contributed by atoms with Crippen molar-refractivity contribution in [1.82, 2.24) is 0 Å². The highest BCUT2D eigenvalue weighted by molar-refractivity contribution is 5.08. The van der Waals surface area contributed by atoms with Gasteiger partial charge in [0.05, 0.1) is 19.1 Å². The summed E-state index contributed by atoms with van der Waals surface area (Å²) in [5.41, 5.74) is -1.51. The van der Waals surface area contributed by atoms with Gasteiger partial charge in [-0.3, -0.25) is 0 Å². The average Bonchev–Trinajstić information content (AvgIpc) is 2.61. The Hall–Kier alpha value is -0.710. The van der Waals surface area contributed by atoms with E-state index in [2.05, 4.69) is 0 Å². The Kier molecular flexibility index (Phi) is 2.69. The van der Waals surface area contributed by atoms with Gasteiger partial charge in [-0.05, 0) is 13.8 Å². The molecule has 2 fully saturated rings. The van der Waals surface area contributed by atoms with E-state index >= 15 is 0 Å². The first-order chi connectivity index (χ1) is 7.43. The molecule has 0 spiro atoms. The third kappa shape index (κ3) is 1.61. The van der Waals surface area contributed by atoms with E-state index in [0.717, 1.165) is 0 Å². The fraction of sp³-hybridized carbons (Fsp3) is 0.900. The summed E-state index contributed by atoms with van der Waals surface area (Å²) in [5.74, 6) is -0.848. The maximum Gasteiger partial charge on any atom is 0.190 e. The molecule has 90 valence electrons. The molecular formula is C10H15NO5. The summed E-state index contributed by atoms with van der Waals surface area (Å²) >= 11 is 0. The van der Waals surface area contributed by atoms with Gasteiger partial charge in [0.2, 0.25) is 0 Å². The summed E-state index contributed by atoms with van der Waals surface area (Å²) in [6, 6.07) is 1.88. The number of hydrogen-bond acceptors (Lipinski definition) is 6. The standard InChI is InChI=1S/C10H15NO5/c1-9(2)15-7-8(16-9)14-6(5-12)10(7,13)3-4-11/h6-8,12-13H,3,5H2,1-2H3/t6-,7+,8-,10+/m1/s1. The average molecular weight is 229 g/mol. The first kappa shape index (κ1) is 11.8. The lowest BCUT2D eigenvalue weighted by Gasteiger charge is -2.30. The van der Waals surface area contributed by atoms with Crippen molar-refractivity contribution in [3.8, 4) is 6.07 Å². The summed E-state index contributed by atoms with van der Waals surface area (Å²) in [6.07, 6.45) is -2.48. The predicted molar refractivity (Wildman–Crippen MR) is 51.0 cm³/mol. The first-order valence-electron chi connectivity index (χ1n) is 5.14. The Morgan fingerprint density at radius 2 is 2.06 bits per heavy atom. The predicted octanol–water partition coefficient (Wildman–Crippen LogP) is -0.500. The molecular weight excluding hydrogens is 214 g/mol. The van der Waals surface area contributed by atoms with Gasteiger partial charge in [-0.15, -0.1) is 0 Å². The van der Waals surface area contributed by atoms with Crippen LogP contribution in [0.4, 0.5) is 0 Å². The van der Waals surface area contributed by atoms with E-state index in [4.69, 9.17) is 24.6 Å². The van der Waals surface area contributed by atoms with Crippen LogP contribution < -0.4 is 0 Å². The van der Waals surface area contributed by atoms with Crippen LogP contribution in [0, 0.1) is 11.3 Å². The minimum atomic E-state index is -1.51. The zero-order valence-corrected chi connectivity index (χ0v) is 9.21. The van der Waals surface area contributed by atoms with Crippen LogP contribution in [0.3, 0.4) is 0 Å². The molecule has 0 aromatic carbocycles. The third-order valence-electron chi connectivity index (χ3n) is 2.93. The summed E-state index contributed by atoms with van der Waals surface area (Å²) in [5, 5.41) is 28.2. The lowest BCUT2D eigenvalue weighted by atomic mass is 9.90. The van der Waals surface area contributed by atoms with E-state index in [-0.39, 0.29) is 13.0 Å². The monoisotopic (exact) mass is 229 g/mol. The molecule has 0 saturated carbocycles. The van der Waals surface area contributed by atoms with Gasteiger partial charge in [-0.2, -0.15) is 5.26 Å². The van der Waals surface area contributed by atoms with Gasteiger partial charge >= 0.3 is 0 Å². The van der Waals surface area contributed by atoms with E-state index in [9.17, 15) is 5.11 Å². The molecule has 2 rings (SSSR count). The van der Waals surface area contributed by atoms with Gasteiger partial charge in [0.1, 0.15) is 17.8 Å². The van der Waals surface area contributed by atoms with Crippen LogP contribution in [0.25, 0.3) is 0 Å². The van der Waals surface area contributed by atoms with Crippen LogP contribution in [-0.2, 0) is 14.2 Å². The van der Waals surface area contributed by atoms with Gasteiger partial charge in [0.15, 0.2) is 12.1 Å². The Morgan fingerprint density at radius 1 is 1.38 bits per heavy atom. The fourth-order valence-electron chi connectivity index (χ4n) is 2.17. The summed E-state index contributed by atoms with van der Waals surface area (Å²) in [7, 11) is 0. The Morgan fingerprint density at radius 3 is 2.62 bits per heavy atom. The summed E-state index contributed by atoms with van der Waals surface area (Å²) < 4.78 is 16.3. The number of nitrogens with zero attached hydrogens (tertiary/aromatic N) is 1. The molecule has 0 aromatic heterocycles. The highest BCUT2D eigenvalue weighted by Crippen LogP contribution is 2.44. The topological polar surface area (TPSA) is 91.9 Å². The van der Waals surface area contributed by atoms with Crippen molar-refractivity contribution in [1.29, 1.82) is 5.26 Å². The fourth-order valence-corrected chi connectivity index (χ4v) is 2.17. The molecule has 2 aliphatic rings. The highest BCUT2D eigenvalue weighted by Gasteiger charge is 2.62. The molecule has 0 aliphatic carbocycles. The highest BCUT2D eigenvalue weighted by atomic mass is 16.8. The molecule has 2 heterocycles. The second-order valence-corrected chi connectivity index (χ2v) is 4.56. The number of hydrogen-bond donors (Lipinski definition) is 2. The molecule has 16 heavy (non-hydrogen) atoms. The minimum Gasteiger partial charge on any atom is -0.394 e. The van der Waals surface area contributed by atoms with Crippen LogP contribution in [0.2, 0.25) is 0 Å². The second-order valence-electron chi connectivity index (χ2n) is 4.56. The zero-order valence-electron chi connectivity index (χ0n) is 9.21. The van der Waals surface area contributed by atoms with E-state index in [0.29, 0.717) is 0 Å². The van der Waals surface area contributed by atoms with Crippen molar-refractivity contribution in [2.45, 2.75) is 50.2 Å². The lowest BCUT2D eigenvalue weighted by molar-refractivity contribution is -0.232. The zero-order chi connectivity index (χ0) is 12.0.